The van der Waals surface area contributed by atoms with E-state index in [1.54, 1.807) is 61.2 Å². The maximum atomic E-state index is 11.6. The number of ketones is 1. The van der Waals surface area contributed by atoms with E-state index >= 15 is 0 Å². The molecular weight excluding hydrogens is 1060 g/mol. The summed E-state index contributed by atoms with van der Waals surface area (Å²) in [6.45, 7) is 47.6. The van der Waals surface area contributed by atoms with Gasteiger partial charge in [0.1, 0.15) is 72.9 Å². The van der Waals surface area contributed by atoms with Gasteiger partial charge in [0.25, 0.3) is 0 Å². The molecule has 80 heavy (non-hydrogen) atoms. The van der Waals surface area contributed by atoms with Gasteiger partial charge in [0.15, 0.2) is 35.9 Å². The SMILES string of the molecule is C/C=C(O[Si](C)(C)C)/C(C)=C/OC.C=C.C=C[C@@H](C=O)OC.C=C[C@H](O)C1OC(C)(C)O[C@H]1[C@@H](O)C=C.C=C[C@H](OC)C1OC=C(C)C(=O)[C@H]1C.C=C[C@H](OC)[C@H](O)[C@@H](O)[C@H](C=C)OC.COC(=O)C1OC(C)(C)O[C@H]1C(=O)OC. The minimum absolute atomic E-state index is 0.116. The van der Waals surface area contributed by atoms with Crippen LogP contribution >= 0.6 is 0 Å². The Morgan fingerprint density at radius 3 is 1.34 bits per heavy atom. The predicted octanol–water partition coefficient (Wildman–Crippen LogP) is 6.74. The molecule has 2 saturated heterocycles. The van der Waals surface area contributed by atoms with Crippen LogP contribution in [0.4, 0.5) is 0 Å². The molecule has 14 atom stereocenters. The van der Waals surface area contributed by atoms with Crippen molar-refractivity contribution in [2.45, 2.75) is 166 Å². The van der Waals surface area contributed by atoms with Crippen molar-refractivity contribution in [1.29, 1.82) is 0 Å². The average Bonchev–Trinajstić information content (AvgIpc) is 3.96. The molecule has 0 bridgehead atoms. The third-order valence-electron chi connectivity index (χ3n) is 10.8. The number of Topliss-reactive ketones (excluding diaryl/α,β-unsaturated/α-hetero) is 1. The summed E-state index contributed by atoms with van der Waals surface area (Å²) in [4.78, 5) is 44.0. The molecule has 0 saturated carbocycles. The van der Waals surface area contributed by atoms with Gasteiger partial charge >= 0.3 is 11.9 Å². The molecule has 3 aliphatic rings. The number of ether oxygens (including phenoxy) is 12. The van der Waals surface area contributed by atoms with Crippen molar-refractivity contribution < 1.29 is 101 Å². The smallest absolute Gasteiger partial charge is 0.338 e. The molecule has 3 aliphatic heterocycles. The van der Waals surface area contributed by atoms with Crippen LogP contribution in [0.3, 0.4) is 0 Å². The van der Waals surface area contributed by atoms with Crippen molar-refractivity contribution in [3.8, 4) is 0 Å². The highest BCUT2D eigenvalue weighted by Gasteiger charge is 2.50. The lowest BCUT2D eigenvalue weighted by atomic mass is 9.90. The third-order valence-corrected chi connectivity index (χ3v) is 11.7. The molecule has 460 valence electrons. The van der Waals surface area contributed by atoms with E-state index < -0.39 is 99.0 Å². The summed E-state index contributed by atoms with van der Waals surface area (Å²) < 4.78 is 66.2. The van der Waals surface area contributed by atoms with E-state index in [-0.39, 0.29) is 23.9 Å². The molecular formula is C58H98O21Si. The highest BCUT2D eigenvalue weighted by molar-refractivity contribution is 6.70. The van der Waals surface area contributed by atoms with Crippen molar-refractivity contribution in [3.05, 3.63) is 125 Å². The molecule has 21 nitrogen and oxygen atoms in total. The molecule has 0 amide bonds. The molecule has 0 spiro atoms. The maximum Gasteiger partial charge on any atom is 0.338 e. The molecule has 3 rings (SSSR count). The first kappa shape index (κ1) is 81.3. The first-order chi connectivity index (χ1) is 37.3. The Morgan fingerprint density at radius 2 is 1.07 bits per heavy atom. The van der Waals surface area contributed by atoms with Crippen molar-refractivity contribution in [2.24, 2.45) is 5.92 Å². The summed E-state index contributed by atoms with van der Waals surface area (Å²) in [5.41, 5.74) is 1.69. The van der Waals surface area contributed by atoms with Crippen LogP contribution in [0.1, 0.15) is 55.4 Å². The molecule has 3 unspecified atom stereocenters. The zero-order valence-corrected chi connectivity index (χ0v) is 51.7. The standard InChI is InChI=1S/C11H18O4.C11H16O3.C10H18O4.C10H20O2Si.C9H14O6.C5H8O2.C2H4/c1-5-7(12)9-10(8(13)6-2)15-11(3,4)14-9;1-5-9(13-4)11-8(3)10(12)7(2)6-14-11;1-5-7(13-3)9(11)10(12)8(6-2)14-4;1-7-10(9(2)8-11-3)12-13(4,5)6;1-9(2)14-5(7(10)12-3)6(15-9)8(11)13-4;1-3-5(4-6)7-2;1-2/h5-10,12-13H,1-2H2,3-4H3;5-6,8-9,11H,1H2,2-4H3;5-12H,1-2H2,3-4H3;7-8H,1-6H3;5-6H,1-4H3;3-5H,1H2,2H3;1-2H2/b;;;9-8+,10-7-;;;/t7-,8-,9-,10?;8-,9+,11?;7-,8-,9-,10-;;5-,6?;5-;/m010.10./s1. The molecule has 0 aliphatic carbocycles. The van der Waals surface area contributed by atoms with Gasteiger partial charge in [-0.1, -0.05) is 43.4 Å². The summed E-state index contributed by atoms with van der Waals surface area (Å²) in [7, 11) is 8.47. The Morgan fingerprint density at radius 1 is 0.662 bits per heavy atom. The number of aliphatic hydroxyl groups excluding tert-OH is 4. The monoisotopic (exact) mass is 1160 g/mol. The van der Waals surface area contributed by atoms with Gasteiger partial charge in [-0.25, -0.2) is 9.59 Å². The molecule has 2 fully saturated rings. The zero-order chi connectivity index (χ0) is 63.3. The molecule has 0 aromatic carbocycles. The number of allylic oxidation sites excluding steroid dienone is 3. The van der Waals surface area contributed by atoms with Crippen LogP contribution in [-0.2, 0) is 80.4 Å². The molecule has 0 radical (unpaired) electrons. The topological polar surface area (TPSA) is 269 Å². The number of carbonyl (C=O) groups is 4. The Labute approximate surface area is 477 Å². The van der Waals surface area contributed by atoms with Crippen molar-refractivity contribution in [2.75, 3.05) is 49.8 Å². The predicted molar refractivity (Wildman–Crippen MR) is 309 cm³/mol. The lowest BCUT2D eigenvalue weighted by Crippen LogP contribution is -2.44. The minimum atomic E-state index is -1.50. The molecule has 4 N–H and O–H groups in total. The second kappa shape index (κ2) is 42.6. The van der Waals surface area contributed by atoms with Gasteiger partial charge in [-0.05, 0) is 74.2 Å². The van der Waals surface area contributed by atoms with Crippen molar-refractivity contribution in [3.63, 3.8) is 0 Å². The Hall–Kier alpha value is -5.18. The quantitative estimate of drug-likeness (QED) is 0.0206. The number of carbonyl (C=O) groups excluding carboxylic acids is 4. The van der Waals surface area contributed by atoms with Gasteiger partial charge in [-0.2, -0.15) is 0 Å². The van der Waals surface area contributed by atoms with Gasteiger partial charge in [-0.15, -0.1) is 52.6 Å². The molecule has 0 aromatic rings. The Balaban J connectivity index is -0.000000435. The summed E-state index contributed by atoms with van der Waals surface area (Å²) in [5.74, 6) is -2.26. The van der Waals surface area contributed by atoms with E-state index in [1.807, 2.05) is 26.8 Å². The van der Waals surface area contributed by atoms with Gasteiger partial charge in [0.05, 0.1) is 39.8 Å². The van der Waals surface area contributed by atoms with Gasteiger partial charge in [-0.3, -0.25) is 4.79 Å². The maximum absolute atomic E-state index is 11.6. The average molecular weight is 1160 g/mol. The van der Waals surface area contributed by atoms with Crippen LogP contribution in [0.5, 0.6) is 0 Å². The molecule has 3 heterocycles. The molecule has 22 heteroatoms. The normalized spacial score (nSPS) is 23.6. The van der Waals surface area contributed by atoms with E-state index in [1.165, 1.54) is 72.2 Å². The summed E-state index contributed by atoms with van der Waals surface area (Å²) in [6.07, 6.45) is 5.07. The largest absolute Gasteiger partial charge is 0.544 e. The Bertz CT molecular complexity index is 1880. The molecule has 0 aromatic heterocycles. The fourth-order valence-corrected chi connectivity index (χ4v) is 7.76. The van der Waals surface area contributed by atoms with E-state index in [0.29, 0.717) is 11.9 Å². The first-order valence-corrected chi connectivity index (χ1v) is 28.5. The minimum Gasteiger partial charge on any atom is -0.544 e. The highest BCUT2D eigenvalue weighted by Crippen LogP contribution is 2.33. The Kier molecular flexibility index (Phi) is 43.3. The second-order valence-corrected chi connectivity index (χ2v) is 23.3. The fraction of sp³-hybridized carbons (Fsp3) is 0.586. The summed E-state index contributed by atoms with van der Waals surface area (Å²) >= 11 is 0. The van der Waals surface area contributed by atoms with Crippen LogP contribution in [-0.4, -0.2) is 193 Å². The summed E-state index contributed by atoms with van der Waals surface area (Å²) in [5, 5.41) is 38.5. The number of aldehydes is 1. The lowest BCUT2D eigenvalue weighted by Gasteiger charge is -2.31. The van der Waals surface area contributed by atoms with E-state index in [0.717, 1.165) is 11.3 Å². The number of esters is 2. The van der Waals surface area contributed by atoms with Gasteiger partial charge < -0.3 is 86.5 Å². The van der Waals surface area contributed by atoms with E-state index in [4.69, 9.17) is 47.1 Å². The van der Waals surface area contributed by atoms with E-state index in [9.17, 15) is 39.6 Å². The van der Waals surface area contributed by atoms with Crippen LogP contribution in [0, 0.1) is 5.92 Å². The number of rotatable bonds is 23. The number of methoxy groups -OCH3 is 7. The van der Waals surface area contributed by atoms with Crippen molar-refractivity contribution in [1.82, 2.24) is 0 Å². The first-order valence-electron chi connectivity index (χ1n) is 25.1. The highest BCUT2D eigenvalue weighted by atomic mass is 28.4. The van der Waals surface area contributed by atoms with Crippen LogP contribution in [0.15, 0.2) is 125 Å². The van der Waals surface area contributed by atoms with E-state index in [2.05, 4.69) is 86.5 Å². The zero-order valence-electron chi connectivity index (χ0n) is 50.7. The van der Waals surface area contributed by atoms with Crippen LogP contribution < -0.4 is 0 Å². The van der Waals surface area contributed by atoms with Gasteiger partial charge in [0, 0.05) is 39.6 Å². The van der Waals surface area contributed by atoms with Gasteiger partial charge in [0.2, 0.25) is 8.32 Å². The summed E-state index contributed by atoms with van der Waals surface area (Å²) in [6, 6.07) is 0. The lowest BCUT2D eigenvalue weighted by molar-refractivity contribution is -0.171. The van der Waals surface area contributed by atoms with Crippen molar-refractivity contribution >= 4 is 32.3 Å². The number of aliphatic hydroxyl groups is 4. The van der Waals surface area contributed by atoms with Crippen LogP contribution in [0.25, 0.3) is 0 Å². The van der Waals surface area contributed by atoms with Crippen LogP contribution in [0.2, 0.25) is 19.6 Å². The number of hydrogen-bond donors (Lipinski definition) is 4. The third kappa shape index (κ3) is 30.0. The second-order valence-electron chi connectivity index (χ2n) is 18.9. The fourth-order valence-electron chi connectivity index (χ4n) is 6.82. The number of hydrogen-bond acceptors (Lipinski definition) is 21.